The molecule has 0 aromatic heterocycles. The second-order valence-corrected chi connectivity index (χ2v) is 4.42. The van der Waals surface area contributed by atoms with Crippen molar-refractivity contribution < 1.29 is 4.74 Å². The normalized spacial score (nSPS) is 10.1. The molecular formula is C14H19ClN2O. The van der Waals surface area contributed by atoms with Gasteiger partial charge in [0.05, 0.1) is 19.1 Å². The summed E-state index contributed by atoms with van der Waals surface area (Å²) in [4.78, 5) is 2.16. The van der Waals surface area contributed by atoms with Gasteiger partial charge in [-0.1, -0.05) is 17.7 Å². The lowest BCUT2D eigenvalue weighted by molar-refractivity contribution is 0.205. The number of benzene rings is 1. The lowest BCUT2D eigenvalue weighted by atomic mass is 10.1. The minimum absolute atomic E-state index is 0.479. The first kappa shape index (κ1) is 14.8. The number of ether oxygens (including phenoxy) is 1. The van der Waals surface area contributed by atoms with Crippen molar-refractivity contribution in [1.29, 1.82) is 5.26 Å². The van der Waals surface area contributed by atoms with Crippen molar-refractivity contribution in [3.63, 3.8) is 0 Å². The number of hydrogen-bond acceptors (Lipinski definition) is 3. The maximum absolute atomic E-state index is 8.72. The van der Waals surface area contributed by atoms with Gasteiger partial charge in [0.25, 0.3) is 0 Å². The maximum atomic E-state index is 8.72. The summed E-state index contributed by atoms with van der Waals surface area (Å²) in [6.45, 7) is 4.16. The molecule has 0 amide bonds. The Hall–Kier alpha value is -1.24. The van der Waals surface area contributed by atoms with Crippen LogP contribution in [0.25, 0.3) is 0 Å². The SMILES string of the molecule is COCCN(CCC#N)c1ccc(C)cc1CCl. The molecule has 0 N–H and O–H groups in total. The van der Waals surface area contributed by atoms with Crippen molar-refractivity contribution in [2.75, 3.05) is 31.7 Å². The molecule has 0 aliphatic carbocycles. The van der Waals surface area contributed by atoms with Gasteiger partial charge in [-0.2, -0.15) is 5.26 Å². The number of anilines is 1. The van der Waals surface area contributed by atoms with Crippen molar-refractivity contribution in [2.24, 2.45) is 0 Å². The van der Waals surface area contributed by atoms with E-state index in [1.54, 1.807) is 7.11 Å². The highest BCUT2D eigenvalue weighted by molar-refractivity contribution is 6.17. The van der Waals surface area contributed by atoms with Crippen LogP contribution in [0.5, 0.6) is 0 Å². The molecule has 18 heavy (non-hydrogen) atoms. The Morgan fingerprint density at radius 3 is 2.78 bits per heavy atom. The van der Waals surface area contributed by atoms with Gasteiger partial charge in [-0.3, -0.25) is 0 Å². The standard InChI is InChI=1S/C14H19ClN2O/c1-12-4-5-14(13(10-12)11-15)17(7-3-6-16)8-9-18-2/h4-5,10H,3,7-9,11H2,1-2H3. The average molecular weight is 267 g/mol. The van der Waals surface area contributed by atoms with Crippen LogP contribution in [0.15, 0.2) is 18.2 Å². The maximum Gasteiger partial charge on any atom is 0.0640 e. The third kappa shape index (κ3) is 4.21. The topological polar surface area (TPSA) is 36.3 Å². The zero-order chi connectivity index (χ0) is 13.4. The molecule has 0 aliphatic rings. The van der Waals surface area contributed by atoms with Gasteiger partial charge in [0.2, 0.25) is 0 Å². The van der Waals surface area contributed by atoms with E-state index < -0.39 is 0 Å². The van der Waals surface area contributed by atoms with E-state index >= 15 is 0 Å². The second kappa shape index (κ2) is 7.97. The summed E-state index contributed by atoms with van der Waals surface area (Å²) in [6, 6.07) is 8.41. The zero-order valence-corrected chi connectivity index (χ0v) is 11.7. The first-order valence-electron chi connectivity index (χ1n) is 5.99. The predicted octanol–water partition coefficient (Wildman–Crippen LogP) is 3.10. The Morgan fingerprint density at radius 1 is 1.39 bits per heavy atom. The number of nitriles is 1. The van der Waals surface area contributed by atoms with E-state index in [-0.39, 0.29) is 0 Å². The Morgan fingerprint density at radius 2 is 2.17 bits per heavy atom. The highest BCUT2D eigenvalue weighted by Crippen LogP contribution is 2.23. The smallest absolute Gasteiger partial charge is 0.0640 e. The van der Waals surface area contributed by atoms with E-state index in [9.17, 15) is 0 Å². The molecule has 1 rings (SSSR count). The van der Waals surface area contributed by atoms with Crippen molar-refractivity contribution in [3.05, 3.63) is 29.3 Å². The number of alkyl halides is 1. The van der Waals surface area contributed by atoms with E-state index in [2.05, 4.69) is 36.1 Å². The predicted molar refractivity (Wildman–Crippen MR) is 75.1 cm³/mol. The number of hydrogen-bond donors (Lipinski definition) is 0. The minimum Gasteiger partial charge on any atom is -0.383 e. The van der Waals surface area contributed by atoms with Gasteiger partial charge in [0.15, 0.2) is 0 Å². The third-order valence-electron chi connectivity index (χ3n) is 2.78. The lowest BCUT2D eigenvalue weighted by Crippen LogP contribution is -2.29. The van der Waals surface area contributed by atoms with E-state index in [1.807, 2.05) is 0 Å². The van der Waals surface area contributed by atoms with Crippen LogP contribution < -0.4 is 4.90 Å². The molecule has 1 aromatic carbocycles. The minimum atomic E-state index is 0.479. The summed E-state index contributed by atoms with van der Waals surface area (Å²) in [6.07, 6.45) is 0.499. The van der Waals surface area contributed by atoms with E-state index in [1.165, 1.54) is 5.56 Å². The number of methoxy groups -OCH3 is 1. The zero-order valence-electron chi connectivity index (χ0n) is 10.9. The van der Waals surface area contributed by atoms with Crippen molar-refractivity contribution in [3.8, 4) is 6.07 Å². The molecular weight excluding hydrogens is 248 g/mol. The third-order valence-corrected chi connectivity index (χ3v) is 3.07. The summed E-state index contributed by atoms with van der Waals surface area (Å²) in [5.74, 6) is 0.479. The largest absolute Gasteiger partial charge is 0.383 e. The van der Waals surface area contributed by atoms with Gasteiger partial charge in [0.1, 0.15) is 0 Å². The molecule has 0 saturated heterocycles. The molecule has 3 nitrogen and oxygen atoms in total. The second-order valence-electron chi connectivity index (χ2n) is 4.15. The summed E-state index contributed by atoms with van der Waals surface area (Å²) >= 11 is 5.99. The Labute approximate surface area is 114 Å². The highest BCUT2D eigenvalue weighted by Gasteiger charge is 2.10. The Kier molecular flexibility index (Phi) is 6.56. The van der Waals surface area contributed by atoms with Crippen molar-refractivity contribution in [2.45, 2.75) is 19.2 Å². The van der Waals surface area contributed by atoms with Gasteiger partial charge in [-0.15, -0.1) is 11.6 Å². The van der Waals surface area contributed by atoms with Gasteiger partial charge in [-0.05, 0) is 18.6 Å². The molecule has 0 atom stereocenters. The van der Waals surface area contributed by atoms with Crippen LogP contribution in [0.1, 0.15) is 17.5 Å². The summed E-state index contributed by atoms with van der Waals surface area (Å²) < 4.78 is 5.11. The van der Waals surface area contributed by atoms with E-state index in [4.69, 9.17) is 21.6 Å². The molecule has 0 heterocycles. The summed E-state index contributed by atoms with van der Waals surface area (Å²) in [7, 11) is 1.68. The Bertz CT molecular complexity index is 415. The number of rotatable bonds is 7. The fraction of sp³-hybridized carbons (Fsp3) is 0.500. The van der Waals surface area contributed by atoms with Crippen LogP contribution >= 0.6 is 11.6 Å². The van der Waals surface area contributed by atoms with Crippen molar-refractivity contribution in [1.82, 2.24) is 0 Å². The van der Waals surface area contributed by atoms with Gasteiger partial charge < -0.3 is 9.64 Å². The number of aryl methyl sites for hydroxylation is 1. The van der Waals surface area contributed by atoms with Crippen LogP contribution in [-0.2, 0) is 10.6 Å². The summed E-state index contributed by atoms with van der Waals surface area (Å²) in [5.41, 5.74) is 3.40. The number of nitrogens with zero attached hydrogens (tertiary/aromatic N) is 2. The molecule has 0 aliphatic heterocycles. The first-order chi connectivity index (χ1) is 8.72. The molecule has 1 aromatic rings. The Balaban J connectivity index is 2.92. The van der Waals surface area contributed by atoms with Crippen LogP contribution in [0.4, 0.5) is 5.69 Å². The van der Waals surface area contributed by atoms with Crippen LogP contribution in [0.2, 0.25) is 0 Å². The van der Waals surface area contributed by atoms with E-state index in [0.29, 0.717) is 25.5 Å². The summed E-state index contributed by atoms with van der Waals surface area (Å²) in [5, 5.41) is 8.72. The fourth-order valence-electron chi connectivity index (χ4n) is 1.87. The molecule has 0 saturated carbocycles. The van der Waals surface area contributed by atoms with Crippen LogP contribution in [0, 0.1) is 18.3 Å². The molecule has 0 radical (unpaired) electrons. The van der Waals surface area contributed by atoms with Crippen LogP contribution in [-0.4, -0.2) is 26.8 Å². The average Bonchev–Trinajstić information content (AvgIpc) is 2.39. The lowest BCUT2D eigenvalue weighted by Gasteiger charge is -2.26. The van der Waals surface area contributed by atoms with Gasteiger partial charge >= 0.3 is 0 Å². The van der Waals surface area contributed by atoms with Gasteiger partial charge in [0, 0.05) is 31.8 Å². The quantitative estimate of drug-likeness (QED) is 0.712. The van der Waals surface area contributed by atoms with E-state index in [0.717, 1.165) is 17.8 Å². The molecule has 0 fully saturated rings. The van der Waals surface area contributed by atoms with Crippen LogP contribution in [0.3, 0.4) is 0 Å². The molecule has 0 spiro atoms. The van der Waals surface area contributed by atoms with Crippen molar-refractivity contribution >= 4 is 17.3 Å². The number of halogens is 1. The molecule has 0 bridgehead atoms. The molecule has 0 unspecified atom stereocenters. The molecule has 4 heteroatoms. The fourth-order valence-corrected chi connectivity index (χ4v) is 2.08. The molecule has 98 valence electrons. The van der Waals surface area contributed by atoms with Gasteiger partial charge in [-0.25, -0.2) is 0 Å². The first-order valence-corrected chi connectivity index (χ1v) is 6.52. The monoisotopic (exact) mass is 266 g/mol. The highest BCUT2D eigenvalue weighted by atomic mass is 35.5.